The van der Waals surface area contributed by atoms with E-state index in [1.54, 1.807) is 19.2 Å². The van der Waals surface area contributed by atoms with Crippen LogP contribution >= 0.6 is 11.6 Å². The number of hydrogen-bond donors (Lipinski definition) is 3. The fourth-order valence-corrected chi connectivity index (χ4v) is 6.64. The molecule has 0 atom stereocenters. The fourth-order valence-electron chi connectivity index (χ4n) is 5.54. The van der Waals surface area contributed by atoms with Crippen molar-refractivity contribution >= 4 is 67.7 Å². The Bertz CT molecular complexity index is 1710. The molecule has 0 radical (unpaired) electrons. The largest absolute Gasteiger partial charge is 0.494 e. The number of nitrogens with zero attached hydrogens (tertiary/aromatic N) is 6. The quantitative estimate of drug-likeness (QED) is 0.243. The van der Waals surface area contributed by atoms with Gasteiger partial charge in [-0.15, -0.1) is 0 Å². The minimum atomic E-state index is -3.48. The Morgan fingerprint density at radius 1 is 1.13 bits per heavy atom. The second kappa shape index (κ2) is 14.1. The van der Waals surface area contributed by atoms with Crippen molar-refractivity contribution in [2.75, 3.05) is 98.4 Å². The number of carbonyl (C=O) groups excluding carboxylic acids is 1. The first kappa shape index (κ1) is 33.3. The molecule has 246 valence electrons. The van der Waals surface area contributed by atoms with E-state index in [1.165, 1.54) is 22.8 Å². The second-order valence-electron chi connectivity index (χ2n) is 11.4. The topological polar surface area (TPSA) is 135 Å². The molecule has 1 amide bonds. The summed E-state index contributed by atoms with van der Waals surface area (Å²) in [4.78, 5) is 28.2. The molecule has 0 spiro atoms. The number of para-hydroxylation sites is 1. The van der Waals surface area contributed by atoms with E-state index < -0.39 is 10.0 Å². The van der Waals surface area contributed by atoms with E-state index in [1.807, 2.05) is 25.2 Å². The molecule has 3 N–H and O–H groups in total. The second-order valence-corrected chi connectivity index (χ2v) is 13.7. The Morgan fingerprint density at radius 2 is 1.89 bits per heavy atom. The molecule has 2 aliphatic heterocycles. The molecule has 0 saturated carbocycles. The van der Waals surface area contributed by atoms with Crippen molar-refractivity contribution in [3.05, 3.63) is 59.8 Å². The van der Waals surface area contributed by atoms with Crippen molar-refractivity contribution < 1.29 is 17.9 Å². The fraction of sp³-hybridized carbons (Fsp3) is 0.387. The molecular weight excluding hydrogens is 630 g/mol. The number of benzene rings is 2. The lowest BCUT2D eigenvalue weighted by molar-refractivity contribution is -0.111. The molecule has 1 fully saturated rings. The van der Waals surface area contributed by atoms with Gasteiger partial charge in [-0.25, -0.2) is 13.4 Å². The summed E-state index contributed by atoms with van der Waals surface area (Å²) in [6.07, 6.45) is 4.46. The number of aromatic nitrogens is 2. The molecule has 0 unspecified atom stereocenters. The van der Waals surface area contributed by atoms with E-state index in [2.05, 4.69) is 54.2 Å². The summed E-state index contributed by atoms with van der Waals surface area (Å²) in [5, 5.41) is 9.55. The molecule has 3 heterocycles. The molecule has 0 aliphatic carbocycles. The Hall–Kier alpha value is -4.11. The standard InChI is InChI=1S/C31H40ClN9O4S/c1-6-28(42)34-24-18-25(27(45-4)19-26(24)39(3)14-17-40-15-12-38(2)13-16-40)36-31-33-20-22(32)30(37-31)35-23-9-7-8-21-10-11-41(29(21)23)46(5,43)44/h6-9,18-20H,1,10-17H2,2-5H3,(H,34,42)(H2,33,35,36,37). The predicted octanol–water partition coefficient (Wildman–Crippen LogP) is 3.76. The van der Waals surface area contributed by atoms with Crippen LogP contribution in [0.25, 0.3) is 0 Å². The Morgan fingerprint density at radius 3 is 2.59 bits per heavy atom. The summed E-state index contributed by atoms with van der Waals surface area (Å²) in [5.74, 6) is 0.649. The molecule has 13 nitrogen and oxygen atoms in total. The minimum absolute atomic E-state index is 0.204. The van der Waals surface area contributed by atoms with Crippen LogP contribution in [-0.2, 0) is 21.2 Å². The maximum Gasteiger partial charge on any atom is 0.247 e. The number of methoxy groups -OCH3 is 1. The van der Waals surface area contributed by atoms with Crippen molar-refractivity contribution in [1.82, 2.24) is 19.8 Å². The summed E-state index contributed by atoms with van der Waals surface area (Å²) < 4.78 is 32.1. The smallest absolute Gasteiger partial charge is 0.247 e. The van der Waals surface area contributed by atoms with Gasteiger partial charge in [0.15, 0.2) is 5.82 Å². The molecule has 1 saturated heterocycles. The first-order valence-corrected chi connectivity index (χ1v) is 17.1. The third-order valence-corrected chi connectivity index (χ3v) is 9.56. The number of rotatable bonds is 12. The highest BCUT2D eigenvalue weighted by molar-refractivity contribution is 7.92. The van der Waals surface area contributed by atoms with Gasteiger partial charge in [0, 0.05) is 58.9 Å². The van der Waals surface area contributed by atoms with Gasteiger partial charge < -0.3 is 30.5 Å². The average Bonchev–Trinajstić information content (AvgIpc) is 3.48. The van der Waals surface area contributed by atoms with Gasteiger partial charge in [0.1, 0.15) is 10.8 Å². The van der Waals surface area contributed by atoms with Gasteiger partial charge in [-0.1, -0.05) is 30.3 Å². The highest BCUT2D eigenvalue weighted by Gasteiger charge is 2.29. The summed E-state index contributed by atoms with van der Waals surface area (Å²) in [7, 11) is 2.20. The summed E-state index contributed by atoms with van der Waals surface area (Å²) in [6, 6.07) is 9.16. The summed E-state index contributed by atoms with van der Waals surface area (Å²) >= 11 is 6.49. The number of amides is 1. The van der Waals surface area contributed by atoms with Crippen molar-refractivity contribution in [2.24, 2.45) is 0 Å². The first-order chi connectivity index (χ1) is 22.0. The van der Waals surface area contributed by atoms with Gasteiger partial charge in [-0.05, 0) is 37.2 Å². The van der Waals surface area contributed by atoms with Crippen molar-refractivity contribution in [1.29, 1.82) is 0 Å². The first-order valence-electron chi connectivity index (χ1n) is 14.9. The zero-order valence-electron chi connectivity index (χ0n) is 26.5. The lowest BCUT2D eigenvalue weighted by atomic mass is 10.1. The van der Waals surface area contributed by atoms with Gasteiger partial charge in [0.25, 0.3) is 0 Å². The van der Waals surface area contributed by atoms with Crippen LogP contribution in [-0.4, -0.2) is 107 Å². The average molecular weight is 670 g/mol. The van der Waals surface area contributed by atoms with E-state index in [0.29, 0.717) is 41.5 Å². The number of ether oxygens (including phenoxy) is 1. The van der Waals surface area contributed by atoms with E-state index in [4.69, 9.17) is 16.3 Å². The Labute approximate surface area is 275 Å². The molecule has 2 aliphatic rings. The minimum Gasteiger partial charge on any atom is -0.494 e. The number of fused-ring (bicyclic) bond motifs is 1. The maximum atomic E-state index is 12.5. The van der Waals surface area contributed by atoms with E-state index in [0.717, 1.165) is 50.5 Å². The van der Waals surface area contributed by atoms with Gasteiger partial charge >= 0.3 is 0 Å². The van der Waals surface area contributed by atoms with Crippen LogP contribution in [0.4, 0.5) is 40.2 Å². The van der Waals surface area contributed by atoms with E-state index in [-0.39, 0.29) is 22.7 Å². The number of carbonyl (C=O) groups is 1. The molecule has 5 rings (SSSR count). The monoisotopic (exact) mass is 669 g/mol. The number of nitrogens with one attached hydrogen (secondary N) is 3. The number of sulfonamides is 1. The summed E-state index contributed by atoms with van der Waals surface area (Å²) in [5.41, 5.74) is 3.89. The van der Waals surface area contributed by atoms with Gasteiger partial charge in [-0.3, -0.25) is 14.0 Å². The predicted molar refractivity (Wildman–Crippen MR) is 185 cm³/mol. The molecule has 1 aromatic heterocycles. The molecule has 2 aromatic carbocycles. The zero-order valence-corrected chi connectivity index (χ0v) is 28.1. The third-order valence-electron chi connectivity index (χ3n) is 8.12. The van der Waals surface area contributed by atoms with Crippen LogP contribution in [0.3, 0.4) is 0 Å². The van der Waals surface area contributed by atoms with Gasteiger partial charge in [0.2, 0.25) is 21.9 Å². The van der Waals surface area contributed by atoms with Crippen LogP contribution in [0.5, 0.6) is 5.75 Å². The lowest BCUT2D eigenvalue weighted by Gasteiger charge is -2.34. The van der Waals surface area contributed by atoms with Crippen LogP contribution in [0.2, 0.25) is 5.02 Å². The highest BCUT2D eigenvalue weighted by atomic mass is 35.5. The summed E-state index contributed by atoms with van der Waals surface area (Å²) in [6.45, 7) is 9.68. The van der Waals surface area contributed by atoms with E-state index in [9.17, 15) is 13.2 Å². The van der Waals surface area contributed by atoms with Crippen molar-refractivity contribution in [3.8, 4) is 5.75 Å². The molecule has 15 heteroatoms. The van der Waals surface area contributed by atoms with Crippen molar-refractivity contribution in [2.45, 2.75) is 6.42 Å². The van der Waals surface area contributed by atoms with Crippen LogP contribution < -0.4 is 29.9 Å². The number of likely N-dealkylation sites (N-methyl/N-ethyl adjacent to an activating group) is 2. The molecular formula is C31H40ClN9O4S. The Balaban J connectivity index is 1.41. The van der Waals surface area contributed by atoms with Crippen LogP contribution in [0, 0.1) is 0 Å². The normalized spacial score (nSPS) is 15.3. The van der Waals surface area contributed by atoms with Crippen LogP contribution in [0.1, 0.15) is 5.56 Å². The lowest BCUT2D eigenvalue weighted by Crippen LogP contribution is -2.46. The maximum absolute atomic E-state index is 12.5. The number of piperazine rings is 1. The number of anilines is 7. The number of halogens is 1. The van der Waals surface area contributed by atoms with Gasteiger partial charge in [-0.2, -0.15) is 4.98 Å². The Kier molecular flexibility index (Phi) is 10.2. The zero-order chi connectivity index (χ0) is 33.0. The van der Waals surface area contributed by atoms with E-state index >= 15 is 0 Å². The molecule has 0 bridgehead atoms. The molecule has 3 aromatic rings. The number of hydrogen-bond acceptors (Lipinski definition) is 11. The highest BCUT2D eigenvalue weighted by Crippen LogP contribution is 2.40. The third kappa shape index (κ3) is 7.64. The SMILES string of the molecule is C=CC(=O)Nc1cc(Nc2ncc(Cl)c(Nc3cccc4c3N(S(C)(=O)=O)CC4)n2)c(OC)cc1N(C)CCN1CCN(C)CC1. The van der Waals surface area contributed by atoms with Crippen molar-refractivity contribution in [3.63, 3.8) is 0 Å². The molecule has 46 heavy (non-hydrogen) atoms. The van der Waals surface area contributed by atoms with Gasteiger partial charge in [0.05, 0.1) is 48.0 Å². The van der Waals surface area contributed by atoms with Crippen LogP contribution in [0.15, 0.2) is 49.2 Å².